The van der Waals surface area contributed by atoms with Crippen molar-refractivity contribution in [1.82, 2.24) is 5.32 Å². The number of hydrogen-bond acceptors (Lipinski definition) is 3. The monoisotopic (exact) mass is 285 g/mol. The van der Waals surface area contributed by atoms with Crippen LogP contribution in [0.1, 0.15) is 22.2 Å². The second-order valence-corrected chi connectivity index (χ2v) is 5.12. The average Bonchev–Trinajstić information content (AvgIpc) is 2.80. The van der Waals surface area contributed by atoms with Crippen LogP contribution in [0.3, 0.4) is 0 Å². The molecular formula is C11H12BrNOS. The Morgan fingerprint density at radius 3 is 2.73 bits per heavy atom. The minimum atomic E-state index is 0.134. The molecule has 0 radical (unpaired) electrons. The van der Waals surface area contributed by atoms with Gasteiger partial charge in [0.1, 0.15) is 11.8 Å². The summed E-state index contributed by atoms with van der Waals surface area (Å²) in [5.41, 5.74) is 1.29. The molecule has 2 heterocycles. The summed E-state index contributed by atoms with van der Waals surface area (Å²) in [7, 11) is 1.94. The zero-order valence-corrected chi connectivity index (χ0v) is 11.0. The van der Waals surface area contributed by atoms with Crippen molar-refractivity contribution in [3.8, 4) is 0 Å². The molecule has 0 spiro atoms. The van der Waals surface area contributed by atoms with Crippen LogP contribution in [0.25, 0.3) is 0 Å². The highest BCUT2D eigenvalue weighted by molar-refractivity contribution is 9.10. The van der Waals surface area contributed by atoms with E-state index in [1.54, 1.807) is 17.6 Å². The highest BCUT2D eigenvalue weighted by Gasteiger charge is 2.20. The topological polar surface area (TPSA) is 25.2 Å². The SMILES string of the molecule is CNC(c1occc1Br)c1sccc1C. The van der Waals surface area contributed by atoms with Gasteiger partial charge in [0.25, 0.3) is 0 Å². The van der Waals surface area contributed by atoms with E-state index in [-0.39, 0.29) is 6.04 Å². The van der Waals surface area contributed by atoms with Gasteiger partial charge in [0.2, 0.25) is 0 Å². The molecule has 2 aromatic heterocycles. The fourth-order valence-electron chi connectivity index (χ4n) is 1.57. The largest absolute Gasteiger partial charge is 0.466 e. The average molecular weight is 286 g/mol. The van der Waals surface area contributed by atoms with E-state index in [4.69, 9.17) is 4.42 Å². The summed E-state index contributed by atoms with van der Waals surface area (Å²) in [5.74, 6) is 0.933. The Morgan fingerprint density at radius 2 is 2.27 bits per heavy atom. The maximum Gasteiger partial charge on any atom is 0.140 e. The van der Waals surface area contributed by atoms with Gasteiger partial charge in [0.05, 0.1) is 10.7 Å². The van der Waals surface area contributed by atoms with Gasteiger partial charge in [-0.2, -0.15) is 0 Å². The van der Waals surface area contributed by atoms with Gasteiger partial charge >= 0.3 is 0 Å². The molecule has 2 nitrogen and oxygen atoms in total. The molecule has 15 heavy (non-hydrogen) atoms. The van der Waals surface area contributed by atoms with E-state index in [2.05, 4.69) is 39.6 Å². The third-order valence-electron chi connectivity index (χ3n) is 2.36. The Bertz CT molecular complexity index is 409. The lowest BCUT2D eigenvalue weighted by Gasteiger charge is -2.13. The summed E-state index contributed by atoms with van der Waals surface area (Å²) in [6.07, 6.45) is 1.70. The highest BCUT2D eigenvalue weighted by Crippen LogP contribution is 2.33. The molecule has 1 atom stereocenters. The molecule has 80 valence electrons. The van der Waals surface area contributed by atoms with Crippen LogP contribution >= 0.6 is 27.3 Å². The zero-order valence-electron chi connectivity index (χ0n) is 8.58. The van der Waals surface area contributed by atoms with Crippen LogP contribution in [0.4, 0.5) is 0 Å². The molecule has 2 rings (SSSR count). The molecule has 1 N–H and O–H groups in total. The number of nitrogens with one attached hydrogen (secondary N) is 1. The van der Waals surface area contributed by atoms with Crippen molar-refractivity contribution in [1.29, 1.82) is 0 Å². The normalized spacial score (nSPS) is 13.0. The molecule has 0 aromatic carbocycles. The molecule has 2 aromatic rings. The van der Waals surface area contributed by atoms with Crippen molar-refractivity contribution < 1.29 is 4.42 Å². The minimum absolute atomic E-state index is 0.134. The fraction of sp³-hybridized carbons (Fsp3) is 0.273. The third kappa shape index (κ3) is 2.02. The molecule has 0 bridgehead atoms. The van der Waals surface area contributed by atoms with Crippen molar-refractivity contribution >= 4 is 27.3 Å². The van der Waals surface area contributed by atoms with Gasteiger partial charge < -0.3 is 9.73 Å². The Morgan fingerprint density at radius 1 is 1.47 bits per heavy atom. The van der Waals surface area contributed by atoms with Gasteiger partial charge in [0.15, 0.2) is 0 Å². The Hall–Kier alpha value is -0.580. The molecule has 0 aliphatic carbocycles. The van der Waals surface area contributed by atoms with Crippen LogP contribution in [0, 0.1) is 6.92 Å². The second kappa shape index (κ2) is 4.51. The molecule has 1 unspecified atom stereocenters. The lowest BCUT2D eigenvalue weighted by atomic mass is 10.1. The number of halogens is 1. The fourth-order valence-corrected chi connectivity index (χ4v) is 3.04. The summed E-state index contributed by atoms with van der Waals surface area (Å²) in [5, 5.41) is 5.38. The molecule has 0 aliphatic heterocycles. The summed E-state index contributed by atoms with van der Waals surface area (Å²) in [6.45, 7) is 2.12. The molecule has 0 fully saturated rings. The first-order valence-electron chi connectivity index (χ1n) is 4.68. The van der Waals surface area contributed by atoms with E-state index in [1.165, 1.54) is 10.4 Å². The van der Waals surface area contributed by atoms with Gasteiger partial charge in [-0.3, -0.25) is 0 Å². The van der Waals surface area contributed by atoms with Crippen molar-refractivity contribution in [2.75, 3.05) is 7.05 Å². The van der Waals surface area contributed by atoms with Gasteiger partial charge in [-0.1, -0.05) is 0 Å². The first-order chi connectivity index (χ1) is 7.24. The molecule has 0 saturated carbocycles. The van der Waals surface area contributed by atoms with Crippen molar-refractivity contribution in [3.05, 3.63) is 44.4 Å². The predicted octanol–water partition coefficient (Wildman–Crippen LogP) is 3.72. The number of rotatable bonds is 3. The van der Waals surface area contributed by atoms with E-state index < -0.39 is 0 Å². The van der Waals surface area contributed by atoms with Crippen LogP contribution in [0.5, 0.6) is 0 Å². The molecule has 0 amide bonds. The quantitative estimate of drug-likeness (QED) is 0.930. The lowest BCUT2D eigenvalue weighted by molar-refractivity contribution is 0.463. The van der Waals surface area contributed by atoms with E-state index >= 15 is 0 Å². The predicted molar refractivity (Wildman–Crippen MR) is 66.4 cm³/mol. The molecule has 0 aliphatic rings. The smallest absolute Gasteiger partial charge is 0.140 e. The highest BCUT2D eigenvalue weighted by atomic mass is 79.9. The second-order valence-electron chi connectivity index (χ2n) is 3.32. The number of thiophene rings is 1. The summed E-state index contributed by atoms with van der Waals surface area (Å²) >= 11 is 5.23. The van der Waals surface area contributed by atoms with E-state index in [9.17, 15) is 0 Å². The molecule has 0 saturated heterocycles. The van der Waals surface area contributed by atoms with Crippen LogP contribution in [-0.4, -0.2) is 7.05 Å². The maximum absolute atomic E-state index is 5.49. The number of aryl methyl sites for hydroxylation is 1. The number of hydrogen-bond donors (Lipinski definition) is 1. The molecular weight excluding hydrogens is 274 g/mol. The number of furan rings is 1. The zero-order chi connectivity index (χ0) is 10.8. The van der Waals surface area contributed by atoms with Crippen LogP contribution in [-0.2, 0) is 0 Å². The lowest BCUT2D eigenvalue weighted by Crippen LogP contribution is -2.17. The van der Waals surface area contributed by atoms with Crippen molar-refractivity contribution in [2.24, 2.45) is 0 Å². The van der Waals surface area contributed by atoms with E-state index in [0.717, 1.165) is 10.2 Å². The Labute approximate surface area is 101 Å². The van der Waals surface area contributed by atoms with E-state index in [0.29, 0.717) is 0 Å². The maximum atomic E-state index is 5.49. The van der Waals surface area contributed by atoms with Crippen LogP contribution in [0.2, 0.25) is 0 Å². The molecule has 4 heteroatoms. The van der Waals surface area contributed by atoms with Gasteiger partial charge in [-0.05, 0) is 53.0 Å². The van der Waals surface area contributed by atoms with Crippen LogP contribution < -0.4 is 5.32 Å². The van der Waals surface area contributed by atoms with Crippen LogP contribution in [0.15, 0.2) is 32.7 Å². The first-order valence-corrected chi connectivity index (χ1v) is 6.35. The van der Waals surface area contributed by atoms with Crippen molar-refractivity contribution in [3.63, 3.8) is 0 Å². The third-order valence-corrected chi connectivity index (χ3v) is 4.10. The van der Waals surface area contributed by atoms with Gasteiger partial charge in [0, 0.05) is 4.88 Å². The summed E-state index contributed by atoms with van der Waals surface area (Å²) in [4.78, 5) is 1.30. The van der Waals surface area contributed by atoms with Gasteiger partial charge in [-0.15, -0.1) is 11.3 Å². The van der Waals surface area contributed by atoms with E-state index in [1.807, 2.05) is 13.1 Å². The summed E-state index contributed by atoms with van der Waals surface area (Å²) < 4.78 is 6.50. The Balaban J connectivity index is 2.41. The summed E-state index contributed by atoms with van der Waals surface area (Å²) in [6, 6.07) is 4.18. The minimum Gasteiger partial charge on any atom is -0.466 e. The standard InChI is InChI=1S/C11H12BrNOS/c1-7-4-6-15-11(7)9(13-2)10-8(12)3-5-14-10/h3-6,9,13H,1-2H3. The van der Waals surface area contributed by atoms with Gasteiger partial charge in [-0.25, -0.2) is 0 Å². The Kier molecular flexibility index (Phi) is 3.29. The first kappa shape index (κ1) is 10.9. The van der Waals surface area contributed by atoms with Crippen molar-refractivity contribution in [2.45, 2.75) is 13.0 Å².